The van der Waals surface area contributed by atoms with Crippen LogP contribution in [0.15, 0.2) is 253 Å². The molecule has 0 spiro atoms. The summed E-state index contributed by atoms with van der Waals surface area (Å²) in [7, 11) is 0. The summed E-state index contributed by atoms with van der Waals surface area (Å²) in [6.07, 6.45) is 27.1. The van der Waals surface area contributed by atoms with Crippen LogP contribution in [0.25, 0.3) is 60.3 Å². The molecular weight excluding hydrogens is 797 g/mol. The van der Waals surface area contributed by atoms with E-state index in [-0.39, 0.29) is 0 Å². The van der Waals surface area contributed by atoms with E-state index in [0.29, 0.717) is 0 Å². The topological polar surface area (TPSA) is 24.7 Å². The molecule has 0 radical (unpaired) electrons. The van der Waals surface area contributed by atoms with Crippen LogP contribution in [0.2, 0.25) is 0 Å². The minimum Gasteiger partial charge on any atom is -0.269 e. The number of benzene rings is 7. The van der Waals surface area contributed by atoms with Crippen molar-refractivity contribution in [1.29, 1.82) is 0 Å². The minimum atomic E-state index is 0.719. The van der Waals surface area contributed by atoms with Crippen molar-refractivity contribution < 1.29 is 0 Å². The summed E-state index contributed by atoms with van der Waals surface area (Å²) in [5.41, 5.74) is 15.1. The SMILES string of the molecule is C=C/C=C\N=CCc1ccc(/C(=C/C(=C)c2cccc(/C(C=C)=C(\C=C/C)C(/C)=C3/C=CCC=CC3)c2)N=C(C)c2ccc(-c3ccc4c5ccccc5c5ccccc5c4c3)cc2)cc1. The van der Waals surface area contributed by atoms with E-state index in [9.17, 15) is 0 Å². The van der Waals surface area contributed by atoms with E-state index in [4.69, 9.17) is 4.99 Å². The summed E-state index contributed by atoms with van der Waals surface area (Å²) in [6, 6.07) is 50.3. The molecule has 2 heteroatoms. The summed E-state index contributed by atoms with van der Waals surface area (Å²) in [5.74, 6) is 0. The summed E-state index contributed by atoms with van der Waals surface area (Å²) in [5, 5.41) is 7.64. The monoisotopic (exact) mass is 852 g/mol. The molecule has 7 aromatic carbocycles. The molecule has 0 bridgehead atoms. The number of hydrogen-bond donors (Lipinski definition) is 0. The lowest BCUT2D eigenvalue weighted by Gasteiger charge is -2.15. The highest BCUT2D eigenvalue weighted by Crippen LogP contribution is 2.38. The zero-order chi connectivity index (χ0) is 45.8. The second-order valence-corrected chi connectivity index (χ2v) is 16.6. The molecule has 2 nitrogen and oxygen atoms in total. The smallest absolute Gasteiger partial charge is 0.0711 e. The van der Waals surface area contributed by atoms with Crippen molar-refractivity contribution >= 4 is 61.1 Å². The Morgan fingerprint density at radius 3 is 1.97 bits per heavy atom. The lowest BCUT2D eigenvalue weighted by atomic mass is 9.90. The number of rotatable bonds is 14. The molecule has 1 aliphatic carbocycles. The number of aliphatic imine (C=N–C) groups is 2. The quantitative estimate of drug-likeness (QED) is 0.0451. The lowest BCUT2D eigenvalue weighted by molar-refractivity contribution is 1.22. The summed E-state index contributed by atoms with van der Waals surface area (Å²) in [4.78, 5) is 9.70. The third-order valence-corrected chi connectivity index (χ3v) is 12.3. The van der Waals surface area contributed by atoms with Gasteiger partial charge in [-0.15, -0.1) is 0 Å². The molecular formula is C64H56N2. The molecule has 8 rings (SSSR count). The van der Waals surface area contributed by atoms with Gasteiger partial charge < -0.3 is 0 Å². The van der Waals surface area contributed by atoms with Gasteiger partial charge in [0.05, 0.1) is 5.70 Å². The van der Waals surface area contributed by atoms with Gasteiger partial charge in [-0.1, -0.05) is 196 Å². The van der Waals surface area contributed by atoms with Crippen molar-refractivity contribution in [3.63, 3.8) is 0 Å². The molecule has 66 heavy (non-hydrogen) atoms. The predicted octanol–water partition coefficient (Wildman–Crippen LogP) is 17.4. The molecule has 0 fully saturated rings. The van der Waals surface area contributed by atoms with Crippen molar-refractivity contribution in [3.05, 3.63) is 271 Å². The van der Waals surface area contributed by atoms with Gasteiger partial charge in [0.25, 0.3) is 0 Å². The van der Waals surface area contributed by atoms with Crippen LogP contribution in [0.5, 0.6) is 0 Å². The molecule has 7 aromatic rings. The van der Waals surface area contributed by atoms with Crippen LogP contribution in [-0.4, -0.2) is 11.9 Å². The molecule has 0 unspecified atom stereocenters. The predicted molar refractivity (Wildman–Crippen MR) is 290 cm³/mol. The minimum absolute atomic E-state index is 0.719. The van der Waals surface area contributed by atoms with Crippen molar-refractivity contribution in [2.75, 3.05) is 0 Å². The Morgan fingerprint density at radius 1 is 0.636 bits per heavy atom. The maximum Gasteiger partial charge on any atom is 0.0711 e. The summed E-state index contributed by atoms with van der Waals surface area (Å²) >= 11 is 0. The molecule has 0 N–H and O–H groups in total. The average molecular weight is 853 g/mol. The van der Waals surface area contributed by atoms with Crippen LogP contribution >= 0.6 is 0 Å². The van der Waals surface area contributed by atoms with Gasteiger partial charge in [0.15, 0.2) is 0 Å². The molecule has 0 heterocycles. The molecule has 0 atom stereocenters. The van der Waals surface area contributed by atoms with Gasteiger partial charge in [-0.2, -0.15) is 0 Å². The van der Waals surface area contributed by atoms with E-state index >= 15 is 0 Å². The first-order valence-corrected chi connectivity index (χ1v) is 22.8. The van der Waals surface area contributed by atoms with E-state index in [2.05, 4.69) is 228 Å². The standard InChI is InChI=1S/C64H56N2/c1-7-10-40-65-41-39-48-29-31-52(32-30-48)64(42-45(4)53-23-19-24-55(43-53)56(9-3)57(20-8-2)46(5)49-21-13-11-12-14-22-49)66-47(6)50-33-35-51(36-34-50)54-37-38-62-60-27-16-15-25-58(60)59-26-17-18-28-61(59)63(62)44-54/h7-11,13-20,22-38,40-44H,1,3-4,12,21,39H2,2,5-6H3/b20-8-,40-10-,49-46+,57-56+,64-42-,65-41?,66-47?. The maximum absolute atomic E-state index is 5.34. The summed E-state index contributed by atoms with van der Waals surface area (Å²) in [6.45, 7) is 19.0. The second kappa shape index (κ2) is 21.2. The highest BCUT2D eigenvalue weighted by Gasteiger charge is 2.14. The van der Waals surface area contributed by atoms with Gasteiger partial charge in [-0.3, -0.25) is 9.98 Å². The van der Waals surface area contributed by atoms with Crippen molar-refractivity contribution in [2.24, 2.45) is 9.98 Å². The van der Waals surface area contributed by atoms with Gasteiger partial charge in [0.1, 0.15) is 0 Å². The Labute approximate surface area is 391 Å². The van der Waals surface area contributed by atoms with Gasteiger partial charge >= 0.3 is 0 Å². The van der Waals surface area contributed by atoms with Gasteiger partial charge in [-0.05, 0) is 151 Å². The first kappa shape index (κ1) is 44.7. The molecule has 0 saturated carbocycles. The first-order valence-electron chi connectivity index (χ1n) is 22.8. The fourth-order valence-corrected chi connectivity index (χ4v) is 8.77. The van der Waals surface area contributed by atoms with Crippen LogP contribution in [0.1, 0.15) is 61.4 Å². The van der Waals surface area contributed by atoms with E-state index in [1.807, 2.05) is 18.4 Å². The molecule has 0 aliphatic heterocycles. The van der Waals surface area contributed by atoms with E-state index < -0.39 is 0 Å². The van der Waals surface area contributed by atoms with E-state index in [0.717, 1.165) is 80.8 Å². The summed E-state index contributed by atoms with van der Waals surface area (Å²) < 4.78 is 0. The van der Waals surface area contributed by atoms with Crippen LogP contribution in [0.4, 0.5) is 0 Å². The Hall–Kier alpha value is -7.94. The van der Waals surface area contributed by atoms with Crippen molar-refractivity contribution in [2.45, 2.75) is 40.0 Å². The Balaban J connectivity index is 1.14. The van der Waals surface area contributed by atoms with Crippen LogP contribution in [0.3, 0.4) is 0 Å². The van der Waals surface area contributed by atoms with Gasteiger partial charge in [0.2, 0.25) is 0 Å². The Morgan fingerprint density at radius 2 is 1.29 bits per heavy atom. The average Bonchev–Trinajstić information content (AvgIpc) is 3.66. The van der Waals surface area contributed by atoms with Gasteiger partial charge in [0, 0.05) is 30.1 Å². The van der Waals surface area contributed by atoms with Crippen LogP contribution in [-0.2, 0) is 6.42 Å². The first-order chi connectivity index (χ1) is 32.4. The molecule has 0 saturated heterocycles. The number of fused-ring (bicyclic) bond motifs is 6. The van der Waals surface area contributed by atoms with Crippen LogP contribution in [0, 0.1) is 0 Å². The fraction of sp³-hybridized carbons (Fsp3) is 0.0938. The molecule has 322 valence electrons. The van der Waals surface area contributed by atoms with E-state index in [1.54, 1.807) is 12.3 Å². The molecule has 0 aromatic heterocycles. The third-order valence-electron chi connectivity index (χ3n) is 12.3. The highest BCUT2D eigenvalue weighted by atomic mass is 14.8. The fourth-order valence-electron chi connectivity index (χ4n) is 8.77. The normalized spacial score (nSPS) is 14.7. The van der Waals surface area contributed by atoms with Crippen molar-refractivity contribution in [1.82, 2.24) is 0 Å². The number of nitrogens with zero attached hydrogens (tertiary/aromatic N) is 2. The van der Waals surface area contributed by atoms with Gasteiger partial charge in [-0.25, -0.2) is 0 Å². The molecule has 0 amide bonds. The lowest BCUT2D eigenvalue weighted by Crippen LogP contribution is -1.97. The molecule has 1 aliphatic rings. The second-order valence-electron chi connectivity index (χ2n) is 16.6. The zero-order valence-electron chi connectivity index (χ0n) is 38.3. The number of allylic oxidation sites excluding steroid dienone is 15. The Bertz CT molecular complexity index is 3220. The largest absolute Gasteiger partial charge is 0.269 e. The van der Waals surface area contributed by atoms with Crippen molar-refractivity contribution in [3.8, 4) is 11.1 Å². The highest BCUT2D eigenvalue weighted by molar-refractivity contribution is 6.25. The maximum atomic E-state index is 5.34. The third kappa shape index (κ3) is 10.0. The van der Waals surface area contributed by atoms with E-state index in [1.165, 1.54) is 49.0 Å². The Kier molecular flexibility index (Phi) is 14.3. The van der Waals surface area contributed by atoms with Crippen LogP contribution < -0.4 is 0 Å². The number of hydrogen-bond acceptors (Lipinski definition) is 2. The zero-order valence-corrected chi connectivity index (χ0v) is 38.3.